The number of rotatable bonds is 4. The topological polar surface area (TPSA) is 47.1 Å². The second-order valence-electron chi connectivity index (χ2n) is 5.23. The van der Waals surface area contributed by atoms with Gasteiger partial charge in [0.25, 0.3) is 0 Å². The van der Waals surface area contributed by atoms with Crippen LogP contribution in [0.25, 0.3) is 10.9 Å². The summed E-state index contributed by atoms with van der Waals surface area (Å²) in [4.78, 5) is 4.09. The summed E-state index contributed by atoms with van der Waals surface area (Å²) in [5, 5.41) is 3.48. The van der Waals surface area contributed by atoms with Crippen LogP contribution < -0.4 is 10.7 Å². The summed E-state index contributed by atoms with van der Waals surface area (Å²) in [5.41, 5.74) is 10.3. The Balaban J connectivity index is 2.19. The summed E-state index contributed by atoms with van der Waals surface area (Å²) in [7, 11) is 0. The minimum absolute atomic E-state index is 0.696. The number of fused-ring (bicyclic) bond motifs is 1. The summed E-state index contributed by atoms with van der Waals surface area (Å²) < 4.78 is 2.19. The van der Waals surface area contributed by atoms with Crippen molar-refractivity contribution in [1.29, 1.82) is 0 Å². The number of para-hydroxylation sites is 1. The molecular formula is C17H20N4. The average Bonchev–Trinajstić information content (AvgIpc) is 2.83. The van der Waals surface area contributed by atoms with Gasteiger partial charge in [-0.05, 0) is 31.0 Å². The Morgan fingerprint density at radius 1 is 1.24 bits per heavy atom. The van der Waals surface area contributed by atoms with Gasteiger partial charge in [0.2, 0.25) is 0 Å². The molecule has 0 fully saturated rings. The Bertz CT molecular complexity index is 760. The van der Waals surface area contributed by atoms with Crippen LogP contribution in [0.5, 0.6) is 0 Å². The highest BCUT2D eigenvalue weighted by atomic mass is 15.5. The van der Waals surface area contributed by atoms with Gasteiger partial charge in [-0.25, -0.2) is 0 Å². The van der Waals surface area contributed by atoms with Crippen LogP contribution in [0.3, 0.4) is 0 Å². The molecule has 0 radical (unpaired) electrons. The molecule has 0 aliphatic heterocycles. The van der Waals surface area contributed by atoms with Crippen LogP contribution in [0.1, 0.15) is 18.9 Å². The Kier molecular flexibility index (Phi) is 3.52. The molecule has 3 rings (SSSR count). The van der Waals surface area contributed by atoms with Crippen molar-refractivity contribution in [2.75, 3.05) is 17.3 Å². The molecule has 2 aromatic heterocycles. The second kappa shape index (κ2) is 5.48. The van der Waals surface area contributed by atoms with Gasteiger partial charge in [-0.2, -0.15) is 0 Å². The molecule has 3 aromatic rings. The van der Waals surface area contributed by atoms with E-state index in [4.69, 9.17) is 5.73 Å². The number of aryl methyl sites for hydroxylation is 1. The minimum Gasteiger partial charge on any atom is -0.396 e. The van der Waals surface area contributed by atoms with Crippen molar-refractivity contribution in [3.63, 3.8) is 0 Å². The first-order valence-electron chi connectivity index (χ1n) is 7.26. The van der Waals surface area contributed by atoms with Crippen LogP contribution in [0, 0.1) is 6.92 Å². The first kappa shape index (κ1) is 13.5. The number of pyridine rings is 1. The van der Waals surface area contributed by atoms with E-state index in [1.807, 2.05) is 6.07 Å². The van der Waals surface area contributed by atoms with Crippen molar-refractivity contribution in [2.24, 2.45) is 0 Å². The lowest BCUT2D eigenvalue weighted by atomic mass is 10.2. The quantitative estimate of drug-likeness (QED) is 0.794. The van der Waals surface area contributed by atoms with E-state index in [0.29, 0.717) is 5.69 Å². The highest BCUT2D eigenvalue weighted by Crippen LogP contribution is 2.27. The molecule has 108 valence electrons. The number of aromatic nitrogens is 2. The lowest BCUT2D eigenvalue weighted by molar-refractivity contribution is 0.696. The van der Waals surface area contributed by atoms with Crippen LogP contribution in [0.4, 0.5) is 11.4 Å². The minimum atomic E-state index is 0.696. The number of nitrogen functional groups attached to an aromatic ring is 1. The molecule has 0 saturated carbocycles. The standard InChI is InChI=1S/C17H20N4/c1-3-10-20(17-8-9-19-11-15(17)18)21-12-13(2)14-6-4-5-7-16(14)21/h4-9,11-12H,3,10,18H2,1-2H3. The van der Waals surface area contributed by atoms with Crippen molar-refractivity contribution in [3.05, 3.63) is 54.5 Å². The van der Waals surface area contributed by atoms with Crippen molar-refractivity contribution >= 4 is 22.3 Å². The van der Waals surface area contributed by atoms with Gasteiger partial charge in [0.1, 0.15) is 0 Å². The zero-order chi connectivity index (χ0) is 14.8. The van der Waals surface area contributed by atoms with E-state index in [-0.39, 0.29) is 0 Å². The lowest BCUT2D eigenvalue weighted by Crippen LogP contribution is -2.30. The molecule has 4 heteroatoms. The fourth-order valence-corrected chi connectivity index (χ4v) is 2.72. The van der Waals surface area contributed by atoms with Gasteiger partial charge in [0, 0.05) is 24.3 Å². The maximum absolute atomic E-state index is 6.12. The predicted octanol–water partition coefficient (Wildman–Crippen LogP) is 3.61. The molecule has 0 bridgehead atoms. The SMILES string of the molecule is CCCN(c1ccncc1N)n1cc(C)c2ccccc21. The third-order valence-corrected chi connectivity index (χ3v) is 3.69. The van der Waals surface area contributed by atoms with Gasteiger partial charge >= 0.3 is 0 Å². The third-order valence-electron chi connectivity index (χ3n) is 3.69. The molecule has 0 aliphatic rings. The summed E-state index contributed by atoms with van der Waals surface area (Å²) in [6.07, 6.45) is 6.69. The average molecular weight is 280 g/mol. The molecule has 2 N–H and O–H groups in total. The second-order valence-corrected chi connectivity index (χ2v) is 5.23. The third kappa shape index (κ3) is 2.33. The highest BCUT2D eigenvalue weighted by Gasteiger charge is 2.14. The van der Waals surface area contributed by atoms with Crippen molar-refractivity contribution in [3.8, 4) is 0 Å². The van der Waals surface area contributed by atoms with Gasteiger partial charge in [-0.15, -0.1) is 0 Å². The number of hydrogen-bond acceptors (Lipinski definition) is 3. The molecule has 1 aromatic carbocycles. The van der Waals surface area contributed by atoms with E-state index in [0.717, 1.165) is 18.7 Å². The first-order valence-corrected chi connectivity index (χ1v) is 7.26. The Hall–Kier alpha value is -2.49. The van der Waals surface area contributed by atoms with Gasteiger partial charge < -0.3 is 5.73 Å². The molecule has 0 amide bonds. The molecule has 0 aliphatic carbocycles. The Morgan fingerprint density at radius 3 is 2.81 bits per heavy atom. The first-order chi connectivity index (χ1) is 10.2. The predicted molar refractivity (Wildman–Crippen MR) is 88.4 cm³/mol. The van der Waals surface area contributed by atoms with E-state index in [1.54, 1.807) is 12.4 Å². The fourth-order valence-electron chi connectivity index (χ4n) is 2.72. The number of benzene rings is 1. The van der Waals surface area contributed by atoms with Gasteiger partial charge in [-0.3, -0.25) is 14.7 Å². The van der Waals surface area contributed by atoms with Crippen LogP contribution in [0.15, 0.2) is 48.9 Å². The maximum atomic E-state index is 6.12. The zero-order valence-electron chi connectivity index (χ0n) is 12.5. The highest BCUT2D eigenvalue weighted by molar-refractivity contribution is 5.85. The van der Waals surface area contributed by atoms with Crippen LogP contribution in [-0.4, -0.2) is 16.2 Å². The number of hydrogen-bond donors (Lipinski definition) is 1. The van der Waals surface area contributed by atoms with E-state index >= 15 is 0 Å². The van der Waals surface area contributed by atoms with Crippen LogP contribution in [-0.2, 0) is 0 Å². The number of nitrogens with zero attached hydrogens (tertiary/aromatic N) is 3. The van der Waals surface area contributed by atoms with E-state index < -0.39 is 0 Å². The molecule has 2 heterocycles. The van der Waals surface area contributed by atoms with Crippen LogP contribution in [0.2, 0.25) is 0 Å². The smallest absolute Gasteiger partial charge is 0.0838 e. The molecule has 0 unspecified atom stereocenters. The van der Waals surface area contributed by atoms with Crippen LogP contribution >= 0.6 is 0 Å². The molecule has 0 saturated heterocycles. The molecule has 0 spiro atoms. The molecule has 21 heavy (non-hydrogen) atoms. The van der Waals surface area contributed by atoms with Gasteiger partial charge in [0.15, 0.2) is 0 Å². The summed E-state index contributed by atoms with van der Waals surface area (Å²) >= 11 is 0. The number of nitrogens with two attached hydrogens (primary N) is 1. The van der Waals surface area contributed by atoms with Gasteiger partial charge in [0.05, 0.1) is 23.1 Å². The van der Waals surface area contributed by atoms with Crippen molar-refractivity contribution < 1.29 is 0 Å². The van der Waals surface area contributed by atoms with E-state index in [9.17, 15) is 0 Å². The van der Waals surface area contributed by atoms with E-state index in [2.05, 4.69) is 59.0 Å². The van der Waals surface area contributed by atoms with E-state index in [1.165, 1.54) is 16.5 Å². The Morgan fingerprint density at radius 2 is 2.05 bits per heavy atom. The summed E-state index contributed by atoms with van der Waals surface area (Å²) in [5.74, 6) is 0. The monoisotopic (exact) mass is 280 g/mol. The summed E-state index contributed by atoms with van der Waals surface area (Å²) in [6.45, 7) is 5.20. The zero-order valence-corrected chi connectivity index (χ0v) is 12.5. The molecule has 4 nitrogen and oxygen atoms in total. The molecular weight excluding hydrogens is 260 g/mol. The number of anilines is 2. The normalized spacial score (nSPS) is 11.0. The lowest BCUT2D eigenvalue weighted by Gasteiger charge is -2.27. The van der Waals surface area contributed by atoms with Gasteiger partial charge in [-0.1, -0.05) is 25.1 Å². The fraction of sp³-hybridized carbons (Fsp3) is 0.235. The molecule has 0 atom stereocenters. The van der Waals surface area contributed by atoms with Crippen molar-refractivity contribution in [2.45, 2.75) is 20.3 Å². The Labute approximate surface area is 124 Å². The largest absolute Gasteiger partial charge is 0.396 e. The summed E-state index contributed by atoms with van der Waals surface area (Å²) in [6, 6.07) is 10.4. The maximum Gasteiger partial charge on any atom is 0.0838 e. The van der Waals surface area contributed by atoms with Crippen molar-refractivity contribution in [1.82, 2.24) is 9.66 Å².